The molecule has 0 spiro atoms. The maximum Gasteiger partial charge on any atom is 0.225 e. The van der Waals surface area contributed by atoms with Crippen molar-refractivity contribution in [2.75, 3.05) is 14.2 Å². The van der Waals surface area contributed by atoms with Gasteiger partial charge in [0.15, 0.2) is 0 Å². The van der Waals surface area contributed by atoms with Gasteiger partial charge in [-0.3, -0.25) is 4.79 Å². The molecular formula is C14H21NO3. The van der Waals surface area contributed by atoms with Crippen LogP contribution in [0, 0.1) is 0 Å². The van der Waals surface area contributed by atoms with E-state index in [4.69, 9.17) is 4.74 Å². The zero-order valence-electron chi connectivity index (χ0n) is 11.4. The first-order chi connectivity index (χ1) is 8.34. The molecule has 4 heteroatoms. The fraction of sp³-hybridized carbons (Fsp3) is 0.500. The van der Waals surface area contributed by atoms with Gasteiger partial charge in [0.25, 0.3) is 0 Å². The van der Waals surface area contributed by atoms with Gasteiger partial charge in [0.1, 0.15) is 5.75 Å². The first-order valence-corrected chi connectivity index (χ1v) is 5.91. The number of carbonyl (C=O) groups excluding carboxylic acids is 1. The smallest absolute Gasteiger partial charge is 0.225 e. The number of carbonyl (C=O) groups is 1. The summed E-state index contributed by atoms with van der Waals surface area (Å²) in [5.74, 6) is 0.267. The second-order valence-electron chi connectivity index (χ2n) is 5.06. The van der Waals surface area contributed by atoms with Crippen LogP contribution in [0.5, 0.6) is 5.75 Å². The van der Waals surface area contributed by atoms with E-state index in [9.17, 15) is 9.90 Å². The number of hydrogen-bond donors (Lipinski definition) is 1. The second kappa shape index (κ2) is 5.87. The van der Waals surface area contributed by atoms with Crippen molar-refractivity contribution in [3.8, 4) is 5.75 Å². The molecule has 0 heterocycles. The van der Waals surface area contributed by atoms with Crippen LogP contribution < -0.4 is 0 Å². The van der Waals surface area contributed by atoms with E-state index in [1.165, 1.54) is 0 Å². The minimum absolute atomic E-state index is 0.0370. The second-order valence-corrected chi connectivity index (χ2v) is 5.06. The average Bonchev–Trinajstić information content (AvgIpc) is 2.31. The van der Waals surface area contributed by atoms with Gasteiger partial charge in [-0.2, -0.15) is 0 Å². The van der Waals surface area contributed by atoms with Crippen molar-refractivity contribution in [3.05, 3.63) is 29.8 Å². The van der Waals surface area contributed by atoms with E-state index in [2.05, 4.69) is 0 Å². The summed E-state index contributed by atoms with van der Waals surface area (Å²) in [6.45, 7) is 4.30. The van der Waals surface area contributed by atoms with Gasteiger partial charge in [0.2, 0.25) is 5.91 Å². The molecule has 0 saturated carbocycles. The standard InChI is InChI=1S/C14H21NO3/c1-14(2,18-4)9-13(17)15(3)10-11-5-7-12(16)8-6-11/h5-8,16H,9-10H2,1-4H3. The SMILES string of the molecule is COC(C)(C)CC(=O)N(C)Cc1ccc(O)cc1. The summed E-state index contributed by atoms with van der Waals surface area (Å²) in [7, 11) is 3.37. The summed E-state index contributed by atoms with van der Waals surface area (Å²) >= 11 is 0. The van der Waals surface area contributed by atoms with Crippen LogP contribution in [0.2, 0.25) is 0 Å². The van der Waals surface area contributed by atoms with Crippen LogP contribution >= 0.6 is 0 Å². The highest BCUT2D eigenvalue weighted by Crippen LogP contribution is 2.16. The van der Waals surface area contributed by atoms with Crippen molar-refractivity contribution in [1.82, 2.24) is 4.90 Å². The molecule has 0 saturated heterocycles. The van der Waals surface area contributed by atoms with Crippen LogP contribution in [-0.4, -0.2) is 35.7 Å². The third-order valence-corrected chi connectivity index (χ3v) is 2.91. The number of hydrogen-bond acceptors (Lipinski definition) is 3. The van der Waals surface area contributed by atoms with Gasteiger partial charge >= 0.3 is 0 Å². The Balaban J connectivity index is 2.57. The van der Waals surface area contributed by atoms with Crippen LogP contribution in [0.1, 0.15) is 25.8 Å². The molecule has 0 bridgehead atoms. The summed E-state index contributed by atoms with van der Waals surface area (Å²) in [6, 6.07) is 6.85. The Morgan fingerprint density at radius 2 is 1.89 bits per heavy atom. The van der Waals surface area contributed by atoms with Crippen molar-refractivity contribution in [1.29, 1.82) is 0 Å². The van der Waals surface area contributed by atoms with E-state index >= 15 is 0 Å². The van der Waals surface area contributed by atoms with Crippen LogP contribution in [-0.2, 0) is 16.1 Å². The topological polar surface area (TPSA) is 49.8 Å². The largest absolute Gasteiger partial charge is 0.508 e. The third kappa shape index (κ3) is 4.37. The van der Waals surface area contributed by atoms with Gasteiger partial charge in [-0.15, -0.1) is 0 Å². The maximum atomic E-state index is 12.0. The molecule has 0 aliphatic rings. The van der Waals surface area contributed by atoms with E-state index in [0.717, 1.165) is 5.56 Å². The molecule has 18 heavy (non-hydrogen) atoms. The van der Waals surface area contributed by atoms with Crippen molar-refractivity contribution in [3.63, 3.8) is 0 Å². The summed E-state index contributed by atoms with van der Waals surface area (Å²) in [5.41, 5.74) is 0.541. The highest BCUT2D eigenvalue weighted by Gasteiger charge is 2.23. The molecule has 0 aliphatic heterocycles. The Hall–Kier alpha value is -1.55. The van der Waals surface area contributed by atoms with Crippen LogP contribution in [0.3, 0.4) is 0 Å². The van der Waals surface area contributed by atoms with Crippen molar-refractivity contribution < 1.29 is 14.6 Å². The molecule has 1 amide bonds. The predicted octanol–water partition coefficient (Wildman–Crippen LogP) is 2.17. The number of phenolic OH excluding ortho intramolecular Hbond substituents is 1. The van der Waals surface area contributed by atoms with Crippen molar-refractivity contribution >= 4 is 5.91 Å². The van der Waals surface area contributed by atoms with Crippen molar-refractivity contribution in [2.24, 2.45) is 0 Å². The molecule has 100 valence electrons. The lowest BCUT2D eigenvalue weighted by Gasteiger charge is -2.25. The number of rotatable bonds is 5. The highest BCUT2D eigenvalue weighted by atomic mass is 16.5. The molecule has 1 aromatic carbocycles. The van der Waals surface area contributed by atoms with Gasteiger partial charge in [0.05, 0.1) is 12.0 Å². The number of ether oxygens (including phenoxy) is 1. The summed E-state index contributed by atoms with van der Waals surface area (Å²) in [6.07, 6.45) is 0.345. The first-order valence-electron chi connectivity index (χ1n) is 5.91. The fourth-order valence-corrected chi connectivity index (χ4v) is 1.53. The van der Waals surface area contributed by atoms with Gasteiger partial charge in [-0.1, -0.05) is 12.1 Å². The number of phenols is 1. The Bertz CT molecular complexity index is 398. The van der Waals surface area contributed by atoms with Gasteiger partial charge in [-0.25, -0.2) is 0 Å². The molecule has 1 rings (SSSR count). The molecule has 1 N–H and O–H groups in total. The van der Waals surface area contributed by atoms with E-state index in [1.54, 1.807) is 43.3 Å². The number of amides is 1. The highest BCUT2D eigenvalue weighted by molar-refractivity contribution is 5.76. The third-order valence-electron chi connectivity index (χ3n) is 2.91. The predicted molar refractivity (Wildman–Crippen MR) is 70.3 cm³/mol. The number of aromatic hydroxyl groups is 1. The molecule has 0 radical (unpaired) electrons. The van der Waals surface area contributed by atoms with Crippen LogP contribution in [0.15, 0.2) is 24.3 Å². The van der Waals surface area contributed by atoms with Gasteiger partial charge in [-0.05, 0) is 31.5 Å². The lowest BCUT2D eigenvalue weighted by Crippen LogP contribution is -2.34. The monoisotopic (exact) mass is 251 g/mol. The van der Waals surface area contributed by atoms with Crippen molar-refractivity contribution in [2.45, 2.75) is 32.4 Å². The van der Waals surface area contributed by atoms with Crippen LogP contribution in [0.4, 0.5) is 0 Å². The van der Waals surface area contributed by atoms with E-state index in [0.29, 0.717) is 13.0 Å². The molecular weight excluding hydrogens is 230 g/mol. The van der Waals surface area contributed by atoms with Gasteiger partial charge in [0, 0.05) is 20.7 Å². The summed E-state index contributed by atoms with van der Waals surface area (Å²) in [4.78, 5) is 13.6. The molecule has 0 atom stereocenters. The lowest BCUT2D eigenvalue weighted by atomic mass is 10.0. The number of methoxy groups -OCH3 is 1. The quantitative estimate of drug-likeness (QED) is 0.872. The first kappa shape index (κ1) is 14.5. The normalized spacial score (nSPS) is 11.3. The minimum atomic E-state index is -0.444. The molecule has 4 nitrogen and oxygen atoms in total. The molecule has 0 aromatic heterocycles. The summed E-state index contributed by atoms with van der Waals surface area (Å²) < 4.78 is 5.24. The molecule has 0 fully saturated rings. The minimum Gasteiger partial charge on any atom is -0.508 e. The van der Waals surface area contributed by atoms with Gasteiger partial charge < -0.3 is 14.7 Å². The average molecular weight is 251 g/mol. The zero-order valence-corrected chi connectivity index (χ0v) is 11.4. The Morgan fingerprint density at radius 3 is 2.39 bits per heavy atom. The van der Waals surface area contributed by atoms with E-state index < -0.39 is 5.60 Å². The molecule has 0 unspecified atom stereocenters. The Labute approximate surface area is 108 Å². The zero-order chi connectivity index (χ0) is 13.8. The molecule has 1 aromatic rings. The van der Waals surface area contributed by atoms with E-state index in [1.807, 2.05) is 13.8 Å². The fourth-order valence-electron chi connectivity index (χ4n) is 1.53. The van der Waals surface area contributed by atoms with Crippen LogP contribution in [0.25, 0.3) is 0 Å². The Kier molecular flexibility index (Phi) is 4.73. The number of nitrogens with zero attached hydrogens (tertiary/aromatic N) is 1. The maximum absolute atomic E-state index is 12.0. The summed E-state index contributed by atoms with van der Waals surface area (Å²) in [5, 5.41) is 9.19. The number of benzene rings is 1. The lowest BCUT2D eigenvalue weighted by molar-refractivity contribution is -0.135. The molecule has 0 aliphatic carbocycles. The Morgan fingerprint density at radius 1 is 1.33 bits per heavy atom. The van der Waals surface area contributed by atoms with E-state index in [-0.39, 0.29) is 11.7 Å².